The maximum atomic E-state index is 15.0. The topological polar surface area (TPSA) is 9.23 Å². The van der Waals surface area contributed by atoms with Gasteiger partial charge in [-0.3, -0.25) is 0 Å². The summed E-state index contributed by atoms with van der Waals surface area (Å²) in [5.41, 5.74) is 1.12. The van der Waals surface area contributed by atoms with Crippen LogP contribution < -0.4 is 4.74 Å². The van der Waals surface area contributed by atoms with Crippen molar-refractivity contribution >= 4 is 0 Å². The van der Waals surface area contributed by atoms with Crippen LogP contribution in [-0.4, -0.2) is 6.61 Å². The third kappa shape index (κ3) is 7.26. The predicted molar refractivity (Wildman–Crippen MR) is 135 cm³/mol. The molecule has 1 saturated carbocycles. The molecule has 34 heavy (non-hydrogen) atoms. The van der Waals surface area contributed by atoms with Gasteiger partial charge in [0.25, 0.3) is 0 Å². The average Bonchev–Trinajstić information content (AvgIpc) is 2.84. The Labute approximate surface area is 204 Å². The second kappa shape index (κ2) is 13.8. The van der Waals surface area contributed by atoms with Crippen LogP contribution in [0.1, 0.15) is 109 Å². The zero-order valence-corrected chi connectivity index (χ0v) is 21.0. The Bertz CT molecular complexity index is 887. The summed E-state index contributed by atoms with van der Waals surface area (Å²) >= 11 is 0. The largest absolute Gasteiger partial charge is 0.491 e. The number of hydrogen-bond acceptors (Lipinski definition) is 1. The molecule has 0 heterocycles. The smallest absolute Gasteiger partial charge is 0.201 e. The van der Waals surface area contributed by atoms with Crippen LogP contribution in [0.25, 0.3) is 11.1 Å². The molecular weight excluding hydrogens is 433 g/mol. The maximum Gasteiger partial charge on any atom is 0.201 e. The third-order valence-corrected chi connectivity index (χ3v) is 7.41. The van der Waals surface area contributed by atoms with Gasteiger partial charge in [0.1, 0.15) is 5.82 Å². The summed E-state index contributed by atoms with van der Waals surface area (Å²) in [6, 6.07) is 7.68. The molecule has 3 rings (SSSR count). The first-order chi connectivity index (χ1) is 16.5. The molecule has 1 nitrogen and oxygen atoms in total. The Morgan fingerprint density at radius 1 is 0.765 bits per heavy atom. The molecule has 0 aliphatic heterocycles. The quantitative estimate of drug-likeness (QED) is 0.262. The number of benzene rings is 2. The van der Waals surface area contributed by atoms with Gasteiger partial charge in [-0.1, -0.05) is 76.8 Å². The molecule has 0 saturated heterocycles. The summed E-state index contributed by atoms with van der Waals surface area (Å²) in [6.45, 7) is 4.22. The first-order valence-corrected chi connectivity index (χ1v) is 13.5. The summed E-state index contributed by atoms with van der Waals surface area (Å²) in [4.78, 5) is 0. The number of rotatable bonds is 13. The van der Waals surface area contributed by atoms with E-state index in [0.717, 1.165) is 31.6 Å². The first kappa shape index (κ1) is 26.6. The highest BCUT2D eigenvalue weighted by molar-refractivity contribution is 5.66. The predicted octanol–water partition coefficient (Wildman–Crippen LogP) is 9.97. The first-order valence-electron chi connectivity index (χ1n) is 13.5. The van der Waals surface area contributed by atoms with Crippen LogP contribution in [0.3, 0.4) is 0 Å². The lowest BCUT2D eigenvalue weighted by Crippen LogP contribution is -2.14. The number of unbranched alkanes of at least 4 members (excludes halogenated alkanes) is 7. The molecule has 1 aliphatic carbocycles. The van der Waals surface area contributed by atoms with Gasteiger partial charge in [0.15, 0.2) is 11.6 Å². The van der Waals surface area contributed by atoms with Gasteiger partial charge in [-0.15, -0.1) is 0 Å². The van der Waals surface area contributed by atoms with E-state index in [-0.39, 0.29) is 29.7 Å². The van der Waals surface area contributed by atoms with Crippen molar-refractivity contribution in [3.63, 3.8) is 0 Å². The SMILES string of the molecule is CCCCCCCCCCC1CCC(c2ccc(-c3ccc(OCC)c(F)c3F)cc2F)CC1. The van der Waals surface area contributed by atoms with E-state index in [1.54, 1.807) is 19.1 Å². The minimum atomic E-state index is -1.03. The monoisotopic (exact) mass is 474 g/mol. The van der Waals surface area contributed by atoms with E-state index in [1.807, 2.05) is 0 Å². The molecule has 2 aromatic carbocycles. The van der Waals surface area contributed by atoms with E-state index in [9.17, 15) is 8.78 Å². The van der Waals surface area contributed by atoms with Crippen molar-refractivity contribution in [1.29, 1.82) is 0 Å². The summed E-state index contributed by atoms with van der Waals surface area (Å²) < 4.78 is 48.9. The van der Waals surface area contributed by atoms with Crippen LogP contribution in [0.5, 0.6) is 5.75 Å². The van der Waals surface area contributed by atoms with Gasteiger partial charge >= 0.3 is 0 Å². The van der Waals surface area contributed by atoms with Crippen LogP contribution in [0, 0.1) is 23.4 Å². The molecule has 0 bridgehead atoms. The molecule has 0 aromatic heterocycles. The average molecular weight is 475 g/mol. The second-order valence-corrected chi connectivity index (χ2v) is 9.89. The highest BCUT2D eigenvalue weighted by Gasteiger charge is 2.25. The highest BCUT2D eigenvalue weighted by atomic mass is 19.2. The fourth-order valence-electron chi connectivity index (χ4n) is 5.38. The molecule has 0 spiro atoms. The van der Waals surface area contributed by atoms with Crippen LogP contribution in [0.2, 0.25) is 0 Å². The van der Waals surface area contributed by atoms with Gasteiger partial charge in [0.2, 0.25) is 5.82 Å². The Kier molecular flexibility index (Phi) is 10.8. The fourth-order valence-corrected chi connectivity index (χ4v) is 5.38. The molecule has 1 aliphatic rings. The molecule has 0 N–H and O–H groups in total. The molecular formula is C30H41F3O. The van der Waals surface area contributed by atoms with Gasteiger partial charge in [0, 0.05) is 5.56 Å². The Morgan fingerprint density at radius 2 is 1.44 bits per heavy atom. The molecule has 1 fully saturated rings. The van der Waals surface area contributed by atoms with Crippen molar-refractivity contribution in [2.24, 2.45) is 5.92 Å². The van der Waals surface area contributed by atoms with Crippen molar-refractivity contribution in [1.82, 2.24) is 0 Å². The summed E-state index contributed by atoms with van der Waals surface area (Å²) in [5.74, 6) is -1.49. The zero-order chi connectivity index (χ0) is 24.3. The van der Waals surface area contributed by atoms with E-state index >= 15 is 4.39 Å². The van der Waals surface area contributed by atoms with Crippen molar-refractivity contribution in [3.05, 3.63) is 53.3 Å². The summed E-state index contributed by atoms with van der Waals surface area (Å²) in [5, 5.41) is 0. The molecule has 4 heteroatoms. The Hall–Kier alpha value is -1.97. The minimum Gasteiger partial charge on any atom is -0.491 e. The molecule has 0 atom stereocenters. The normalized spacial score (nSPS) is 18.3. The second-order valence-electron chi connectivity index (χ2n) is 9.89. The molecule has 2 aromatic rings. The van der Waals surface area contributed by atoms with Gasteiger partial charge in [0.05, 0.1) is 6.61 Å². The molecule has 0 amide bonds. The van der Waals surface area contributed by atoms with E-state index < -0.39 is 11.6 Å². The van der Waals surface area contributed by atoms with Crippen molar-refractivity contribution in [2.45, 2.75) is 103 Å². The molecule has 0 unspecified atom stereocenters. The van der Waals surface area contributed by atoms with Crippen LogP contribution >= 0.6 is 0 Å². The van der Waals surface area contributed by atoms with E-state index in [4.69, 9.17) is 4.74 Å². The highest BCUT2D eigenvalue weighted by Crippen LogP contribution is 2.40. The standard InChI is InChI=1S/C30H41F3O/c1-3-5-6-7-8-9-10-11-12-22-13-15-23(16-14-22)25-18-17-24(21-27(25)31)26-19-20-28(34-4-2)30(33)29(26)32/h17-23H,3-16H2,1-2H3. The van der Waals surface area contributed by atoms with Crippen molar-refractivity contribution < 1.29 is 17.9 Å². The summed E-state index contributed by atoms with van der Waals surface area (Å²) in [7, 11) is 0. The summed E-state index contributed by atoms with van der Waals surface area (Å²) in [6.07, 6.45) is 16.4. The van der Waals surface area contributed by atoms with Crippen LogP contribution in [-0.2, 0) is 0 Å². The maximum absolute atomic E-state index is 15.0. The lowest BCUT2D eigenvalue weighted by molar-refractivity contribution is 0.298. The van der Waals surface area contributed by atoms with Crippen molar-refractivity contribution in [3.8, 4) is 16.9 Å². The van der Waals surface area contributed by atoms with Gasteiger partial charge in [-0.25, -0.2) is 8.78 Å². The van der Waals surface area contributed by atoms with Gasteiger partial charge in [-0.05, 0) is 73.8 Å². The van der Waals surface area contributed by atoms with Gasteiger partial charge in [-0.2, -0.15) is 4.39 Å². The Balaban J connectivity index is 1.49. The fraction of sp³-hybridized carbons (Fsp3) is 0.600. The molecule has 0 radical (unpaired) electrons. The number of hydrogen-bond donors (Lipinski definition) is 0. The number of ether oxygens (including phenoxy) is 1. The zero-order valence-electron chi connectivity index (χ0n) is 21.0. The van der Waals surface area contributed by atoms with Crippen molar-refractivity contribution in [2.75, 3.05) is 6.61 Å². The lowest BCUT2D eigenvalue weighted by Gasteiger charge is -2.29. The van der Waals surface area contributed by atoms with Crippen LogP contribution in [0.15, 0.2) is 30.3 Å². The van der Waals surface area contributed by atoms with E-state index in [2.05, 4.69) is 6.92 Å². The van der Waals surface area contributed by atoms with E-state index in [0.29, 0.717) is 11.1 Å². The lowest BCUT2D eigenvalue weighted by atomic mass is 9.76. The minimum absolute atomic E-state index is 0.0560. The van der Waals surface area contributed by atoms with Gasteiger partial charge < -0.3 is 4.74 Å². The van der Waals surface area contributed by atoms with Crippen LogP contribution in [0.4, 0.5) is 13.2 Å². The Morgan fingerprint density at radius 3 is 2.09 bits per heavy atom. The number of halogens is 3. The molecule has 188 valence electrons. The van der Waals surface area contributed by atoms with E-state index in [1.165, 1.54) is 76.0 Å². The third-order valence-electron chi connectivity index (χ3n) is 7.41.